The largest absolute Gasteiger partial charge is 0.451 e. The zero-order valence-corrected chi connectivity index (χ0v) is 12.6. The average molecular weight is 335 g/mol. The van der Waals surface area contributed by atoms with Gasteiger partial charge in [0.2, 0.25) is 0 Å². The molecule has 0 saturated carbocycles. The maximum Gasteiger partial charge on any atom is 0.328 e. The summed E-state index contributed by atoms with van der Waals surface area (Å²) in [5.41, 5.74) is -1.14. The summed E-state index contributed by atoms with van der Waals surface area (Å²) in [5.74, 6) is -2.01. The highest BCUT2D eigenvalue weighted by Crippen LogP contribution is 2.10. The van der Waals surface area contributed by atoms with Gasteiger partial charge in [0.15, 0.2) is 6.10 Å². The van der Waals surface area contributed by atoms with Crippen molar-refractivity contribution in [3.8, 4) is 0 Å². The number of aromatic nitrogens is 2. The third-order valence-electron chi connectivity index (χ3n) is 2.97. The molecule has 9 heteroatoms. The Hall–Kier alpha value is -3.23. The number of benzene rings is 1. The van der Waals surface area contributed by atoms with E-state index in [1.54, 1.807) is 0 Å². The van der Waals surface area contributed by atoms with Crippen LogP contribution in [0, 0.1) is 5.82 Å². The van der Waals surface area contributed by atoms with Gasteiger partial charge in [0.05, 0.1) is 0 Å². The van der Waals surface area contributed by atoms with E-state index in [0.29, 0.717) is 0 Å². The molecule has 0 radical (unpaired) electrons. The Labute approximate surface area is 134 Å². The van der Waals surface area contributed by atoms with Gasteiger partial charge in [0.1, 0.15) is 12.4 Å². The summed E-state index contributed by atoms with van der Waals surface area (Å²) in [6, 6.07) is 6.32. The van der Waals surface area contributed by atoms with E-state index in [1.165, 1.54) is 25.1 Å². The second-order valence-corrected chi connectivity index (χ2v) is 4.87. The number of rotatable bonds is 5. The molecule has 0 saturated heterocycles. The topological polar surface area (TPSA) is 110 Å². The van der Waals surface area contributed by atoms with E-state index in [2.05, 4.69) is 5.32 Å². The molecule has 0 aliphatic heterocycles. The van der Waals surface area contributed by atoms with Crippen LogP contribution in [0.2, 0.25) is 0 Å². The Kier molecular flexibility index (Phi) is 5.25. The number of carbonyl (C=O) groups is 2. The monoisotopic (exact) mass is 335 g/mol. The average Bonchev–Trinajstić information content (AvgIpc) is 2.50. The number of amides is 1. The first-order chi connectivity index (χ1) is 11.3. The van der Waals surface area contributed by atoms with E-state index >= 15 is 0 Å². The molecule has 0 aliphatic carbocycles. The van der Waals surface area contributed by atoms with Crippen LogP contribution >= 0.6 is 0 Å². The lowest BCUT2D eigenvalue weighted by molar-refractivity contribution is -0.153. The van der Waals surface area contributed by atoms with Crippen molar-refractivity contribution < 1.29 is 18.7 Å². The SMILES string of the molecule is C[C@@H](OC(=O)Cn1ccc(=O)[nH]c1=O)C(=O)Nc1cccc(F)c1. The first-order valence-electron chi connectivity index (χ1n) is 6.91. The summed E-state index contributed by atoms with van der Waals surface area (Å²) in [6.07, 6.45) is -0.0147. The van der Waals surface area contributed by atoms with Gasteiger partial charge in [-0.15, -0.1) is 0 Å². The minimum Gasteiger partial charge on any atom is -0.451 e. The molecule has 1 aromatic heterocycles. The molecule has 2 N–H and O–H groups in total. The molecule has 0 bridgehead atoms. The van der Waals surface area contributed by atoms with Crippen molar-refractivity contribution >= 4 is 17.6 Å². The maximum atomic E-state index is 13.0. The Morgan fingerprint density at radius 2 is 2.08 bits per heavy atom. The molecule has 0 spiro atoms. The van der Waals surface area contributed by atoms with Crippen LogP contribution in [-0.2, 0) is 20.9 Å². The van der Waals surface area contributed by atoms with E-state index < -0.39 is 41.6 Å². The van der Waals surface area contributed by atoms with Crippen LogP contribution in [0.3, 0.4) is 0 Å². The lowest BCUT2D eigenvalue weighted by atomic mass is 10.3. The van der Waals surface area contributed by atoms with Crippen molar-refractivity contribution in [2.45, 2.75) is 19.6 Å². The normalized spacial score (nSPS) is 11.6. The fourth-order valence-electron chi connectivity index (χ4n) is 1.81. The summed E-state index contributed by atoms with van der Waals surface area (Å²) in [4.78, 5) is 48.0. The highest BCUT2D eigenvalue weighted by atomic mass is 19.1. The predicted octanol–water partition coefficient (Wildman–Crippen LogP) is 0.246. The molecule has 1 atom stereocenters. The number of ether oxygens (including phenoxy) is 1. The van der Waals surface area contributed by atoms with Crippen LogP contribution in [-0.4, -0.2) is 27.5 Å². The van der Waals surface area contributed by atoms with E-state index in [-0.39, 0.29) is 5.69 Å². The van der Waals surface area contributed by atoms with Gasteiger partial charge >= 0.3 is 11.7 Å². The van der Waals surface area contributed by atoms with Gasteiger partial charge in [0.25, 0.3) is 11.5 Å². The van der Waals surface area contributed by atoms with E-state index in [4.69, 9.17) is 4.74 Å². The van der Waals surface area contributed by atoms with Crippen LogP contribution in [0.1, 0.15) is 6.92 Å². The Morgan fingerprint density at radius 3 is 2.75 bits per heavy atom. The third kappa shape index (κ3) is 4.63. The smallest absolute Gasteiger partial charge is 0.328 e. The van der Waals surface area contributed by atoms with Gasteiger partial charge in [-0.1, -0.05) is 6.07 Å². The van der Waals surface area contributed by atoms with E-state index in [1.807, 2.05) is 4.98 Å². The molecule has 1 aromatic carbocycles. The zero-order chi connectivity index (χ0) is 17.7. The van der Waals surface area contributed by atoms with Crippen molar-refractivity contribution in [1.82, 2.24) is 9.55 Å². The molecule has 0 fully saturated rings. The molecule has 2 aromatic rings. The van der Waals surface area contributed by atoms with Crippen molar-refractivity contribution in [2.75, 3.05) is 5.32 Å². The van der Waals surface area contributed by atoms with E-state index in [9.17, 15) is 23.6 Å². The number of hydrogen-bond acceptors (Lipinski definition) is 5. The number of H-pyrrole nitrogens is 1. The molecule has 1 amide bonds. The lowest BCUT2D eigenvalue weighted by Crippen LogP contribution is -2.34. The minimum atomic E-state index is -1.15. The van der Waals surface area contributed by atoms with Gasteiger partial charge in [-0.05, 0) is 25.1 Å². The van der Waals surface area contributed by atoms with Gasteiger partial charge in [0, 0.05) is 18.0 Å². The van der Waals surface area contributed by atoms with Crippen molar-refractivity contribution in [3.05, 3.63) is 63.2 Å². The van der Waals surface area contributed by atoms with Crippen molar-refractivity contribution in [2.24, 2.45) is 0 Å². The van der Waals surface area contributed by atoms with Crippen LogP contribution in [0.25, 0.3) is 0 Å². The number of esters is 1. The quantitative estimate of drug-likeness (QED) is 0.761. The summed E-state index contributed by atoms with van der Waals surface area (Å²) >= 11 is 0. The second-order valence-electron chi connectivity index (χ2n) is 4.87. The van der Waals surface area contributed by atoms with Gasteiger partial charge in [-0.3, -0.25) is 23.9 Å². The van der Waals surface area contributed by atoms with Crippen molar-refractivity contribution in [1.29, 1.82) is 0 Å². The molecule has 2 rings (SSSR count). The van der Waals surface area contributed by atoms with Crippen LogP contribution in [0.4, 0.5) is 10.1 Å². The molecule has 1 heterocycles. The Morgan fingerprint density at radius 1 is 1.33 bits per heavy atom. The fourth-order valence-corrected chi connectivity index (χ4v) is 1.81. The highest BCUT2D eigenvalue weighted by molar-refractivity contribution is 5.95. The number of nitrogens with one attached hydrogen (secondary N) is 2. The predicted molar refractivity (Wildman–Crippen MR) is 81.9 cm³/mol. The molecular formula is C15H14FN3O5. The number of hydrogen-bond donors (Lipinski definition) is 2. The summed E-state index contributed by atoms with van der Waals surface area (Å²) in [7, 11) is 0. The molecule has 24 heavy (non-hydrogen) atoms. The summed E-state index contributed by atoms with van der Waals surface area (Å²) in [6.45, 7) is 0.870. The Bertz CT molecular complexity index is 874. The number of carbonyl (C=O) groups excluding carboxylic acids is 2. The second kappa shape index (κ2) is 7.36. The highest BCUT2D eigenvalue weighted by Gasteiger charge is 2.18. The van der Waals surface area contributed by atoms with Gasteiger partial charge < -0.3 is 10.1 Å². The standard InChI is InChI=1S/C15H14FN3O5/c1-9(14(22)17-11-4-2-3-10(16)7-11)24-13(21)8-19-6-5-12(20)18-15(19)23/h2-7,9H,8H2,1H3,(H,17,22)(H,18,20,23)/t9-/m1/s1. The van der Waals surface area contributed by atoms with Crippen molar-refractivity contribution in [3.63, 3.8) is 0 Å². The first kappa shape index (κ1) is 17.1. The zero-order valence-electron chi connectivity index (χ0n) is 12.6. The maximum absolute atomic E-state index is 13.0. The number of halogens is 1. The van der Waals surface area contributed by atoms with Gasteiger partial charge in [-0.25, -0.2) is 9.18 Å². The summed E-state index contributed by atoms with van der Waals surface area (Å²) < 4.78 is 18.9. The van der Waals surface area contributed by atoms with Crippen LogP contribution < -0.4 is 16.6 Å². The van der Waals surface area contributed by atoms with Crippen LogP contribution in [0.15, 0.2) is 46.1 Å². The molecular weight excluding hydrogens is 321 g/mol. The minimum absolute atomic E-state index is 0.222. The number of nitrogens with zero attached hydrogens (tertiary/aromatic N) is 1. The lowest BCUT2D eigenvalue weighted by Gasteiger charge is -2.14. The number of anilines is 1. The van der Waals surface area contributed by atoms with Gasteiger partial charge in [-0.2, -0.15) is 0 Å². The number of aromatic amines is 1. The third-order valence-corrected chi connectivity index (χ3v) is 2.97. The Balaban J connectivity index is 1.94. The molecule has 8 nitrogen and oxygen atoms in total. The van der Waals surface area contributed by atoms with E-state index in [0.717, 1.165) is 22.9 Å². The van der Waals surface area contributed by atoms with Crippen LogP contribution in [0.5, 0.6) is 0 Å². The summed E-state index contributed by atoms with van der Waals surface area (Å²) in [5, 5.41) is 2.40. The molecule has 126 valence electrons. The first-order valence-corrected chi connectivity index (χ1v) is 6.91. The molecule has 0 unspecified atom stereocenters. The fraction of sp³-hybridized carbons (Fsp3) is 0.200. The molecule has 0 aliphatic rings.